The molecule has 0 bridgehead atoms. The van der Waals surface area contributed by atoms with Crippen LogP contribution in [0.4, 0.5) is 0 Å². The van der Waals surface area contributed by atoms with Crippen LogP contribution in [-0.2, 0) is 0 Å². The van der Waals surface area contributed by atoms with Crippen LogP contribution in [0.15, 0.2) is 24.3 Å². The summed E-state index contributed by atoms with van der Waals surface area (Å²) in [5.74, 6) is 1.65. The summed E-state index contributed by atoms with van der Waals surface area (Å²) in [4.78, 5) is 2.57. The van der Waals surface area contributed by atoms with Gasteiger partial charge < -0.3 is 10.5 Å². The third kappa shape index (κ3) is 3.10. The first-order valence-corrected chi connectivity index (χ1v) is 7.27. The molecule has 106 valence electrons. The summed E-state index contributed by atoms with van der Waals surface area (Å²) < 4.78 is 5.22. The maximum Gasteiger partial charge on any atom is 0.118 e. The van der Waals surface area contributed by atoms with Gasteiger partial charge in [0.1, 0.15) is 5.75 Å². The van der Waals surface area contributed by atoms with Crippen molar-refractivity contribution in [3.8, 4) is 5.75 Å². The third-order valence-electron chi connectivity index (χ3n) is 4.55. The summed E-state index contributed by atoms with van der Waals surface area (Å²) in [6, 6.07) is 9.25. The SMILES string of the molecule is COc1ccc(C(CN)N2CCCC(C)C2C)cc1. The van der Waals surface area contributed by atoms with Crippen LogP contribution in [0.1, 0.15) is 38.3 Å². The molecule has 3 heteroatoms. The van der Waals surface area contributed by atoms with Crippen LogP contribution in [0.3, 0.4) is 0 Å². The number of rotatable bonds is 4. The minimum absolute atomic E-state index is 0.323. The molecule has 0 radical (unpaired) electrons. The zero-order valence-corrected chi connectivity index (χ0v) is 12.3. The van der Waals surface area contributed by atoms with Crippen molar-refractivity contribution in [2.75, 3.05) is 20.2 Å². The zero-order valence-electron chi connectivity index (χ0n) is 12.3. The topological polar surface area (TPSA) is 38.5 Å². The summed E-state index contributed by atoms with van der Waals surface area (Å²) in [5.41, 5.74) is 7.34. The first kappa shape index (κ1) is 14.4. The molecule has 0 spiro atoms. The molecular weight excluding hydrogens is 236 g/mol. The minimum Gasteiger partial charge on any atom is -0.497 e. The summed E-state index contributed by atoms with van der Waals surface area (Å²) in [7, 11) is 1.70. The van der Waals surface area contributed by atoms with Gasteiger partial charge in [0.15, 0.2) is 0 Å². The van der Waals surface area contributed by atoms with Gasteiger partial charge in [0.2, 0.25) is 0 Å². The van der Waals surface area contributed by atoms with Gasteiger partial charge >= 0.3 is 0 Å². The molecule has 1 aromatic rings. The van der Waals surface area contributed by atoms with Crippen molar-refractivity contribution in [2.45, 2.75) is 38.8 Å². The van der Waals surface area contributed by atoms with Crippen molar-refractivity contribution in [1.29, 1.82) is 0 Å². The van der Waals surface area contributed by atoms with Crippen molar-refractivity contribution in [3.05, 3.63) is 29.8 Å². The predicted octanol–water partition coefficient (Wildman–Crippen LogP) is 2.82. The summed E-state index contributed by atoms with van der Waals surface area (Å²) >= 11 is 0. The van der Waals surface area contributed by atoms with E-state index in [0.29, 0.717) is 18.6 Å². The second-order valence-corrected chi connectivity index (χ2v) is 5.62. The molecule has 3 nitrogen and oxygen atoms in total. The fraction of sp³-hybridized carbons (Fsp3) is 0.625. The van der Waals surface area contributed by atoms with Crippen molar-refractivity contribution < 1.29 is 4.74 Å². The van der Waals surface area contributed by atoms with Gasteiger partial charge in [0.05, 0.1) is 7.11 Å². The molecule has 1 aromatic carbocycles. The van der Waals surface area contributed by atoms with Gasteiger partial charge in [-0.3, -0.25) is 4.90 Å². The van der Waals surface area contributed by atoms with Crippen molar-refractivity contribution in [2.24, 2.45) is 11.7 Å². The van der Waals surface area contributed by atoms with Gasteiger partial charge in [-0.25, -0.2) is 0 Å². The molecule has 2 N–H and O–H groups in total. The van der Waals surface area contributed by atoms with Crippen LogP contribution in [-0.4, -0.2) is 31.1 Å². The lowest BCUT2D eigenvalue weighted by Crippen LogP contribution is -2.46. The Kier molecular flexibility index (Phi) is 4.83. The predicted molar refractivity (Wildman–Crippen MR) is 79.4 cm³/mol. The smallest absolute Gasteiger partial charge is 0.118 e. The summed E-state index contributed by atoms with van der Waals surface area (Å²) in [6.45, 7) is 6.50. The van der Waals surface area contributed by atoms with E-state index in [9.17, 15) is 0 Å². The molecule has 19 heavy (non-hydrogen) atoms. The van der Waals surface area contributed by atoms with Gasteiger partial charge in [-0.15, -0.1) is 0 Å². The lowest BCUT2D eigenvalue weighted by molar-refractivity contribution is 0.0709. The Labute approximate surface area is 116 Å². The molecule has 0 aromatic heterocycles. The van der Waals surface area contributed by atoms with E-state index in [4.69, 9.17) is 10.5 Å². The molecule has 1 saturated heterocycles. The average molecular weight is 262 g/mol. The molecule has 0 amide bonds. The largest absolute Gasteiger partial charge is 0.497 e. The fourth-order valence-corrected chi connectivity index (χ4v) is 3.10. The van der Waals surface area contributed by atoms with E-state index in [0.717, 1.165) is 18.2 Å². The van der Waals surface area contributed by atoms with Crippen LogP contribution in [0.25, 0.3) is 0 Å². The number of hydrogen-bond donors (Lipinski definition) is 1. The number of ether oxygens (including phenoxy) is 1. The Bertz CT molecular complexity index is 390. The first-order valence-electron chi connectivity index (χ1n) is 7.27. The standard InChI is InChI=1S/C16H26N2O/c1-12-5-4-10-18(13(12)2)16(11-17)14-6-8-15(19-3)9-7-14/h6-9,12-13,16H,4-5,10-11,17H2,1-3H3. The first-order chi connectivity index (χ1) is 9.17. The van der Waals surface area contributed by atoms with Gasteiger partial charge in [0, 0.05) is 18.6 Å². The molecule has 0 saturated carbocycles. The number of likely N-dealkylation sites (tertiary alicyclic amines) is 1. The molecule has 3 unspecified atom stereocenters. The summed E-state index contributed by atoms with van der Waals surface area (Å²) in [6.07, 6.45) is 2.61. The Balaban J connectivity index is 2.18. The molecule has 0 aliphatic carbocycles. The zero-order chi connectivity index (χ0) is 13.8. The second-order valence-electron chi connectivity index (χ2n) is 5.62. The van der Waals surface area contributed by atoms with E-state index in [1.165, 1.54) is 18.4 Å². The molecule has 1 aliphatic heterocycles. The number of hydrogen-bond acceptors (Lipinski definition) is 3. The van der Waals surface area contributed by atoms with Gasteiger partial charge in [0.25, 0.3) is 0 Å². The Morgan fingerprint density at radius 2 is 2.00 bits per heavy atom. The van der Waals surface area contributed by atoms with E-state index in [-0.39, 0.29) is 0 Å². The monoisotopic (exact) mass is 262 g/mol. The molecule has 1 aliphatic rings. The second kappa shape index (κ2) is 6.40. The van der Waals surface area contributed by atoms with E-state index in [2.05, 4.69) is 30.9 Å². The quantitative estimate of drug-likeness (QED) is 0.907. The molecule has 1 fully saturated rings. The third-order valence-corrected chi connectivity index (χ3v) is 4.55. The van der Waals surface area contributed by atoms with Crippen LogP contribution in [0.5, 0.6) is 5.75 Å². The lowest BCUT2D eigenvalue weighted by atomic mass is 9.89. The fourth-order valence-electron chi connectivity index (χ4n) is 3.10. The van der Waals surface area contributed by atoms with Gasteiger partial charge in [-0.2, -0.15) is 0 Å². The van der Waals surface area contributed by atoms with Crippen LogP contribution in [0, 0.1) is 5.92 Å². The normalized spacial score (nSPS) is 26.1. The van der Waals surface area contributed by atoms with Crippen LogP contribution in [0.2, 0.25) is 0 Å². The summed E-state index contributed by atoms with van der Waals surface area (Å²) in [5, 5.41) is 0. The van der Waals surface area contributed by atoms with E-state index in [1.807, 2.05) is 12.1 Å². The van der Waals surface area contributed by atoms with Gasteiger partial charge in [-0.1, -0.05) is 19.1 Å². The lowest BCUT2D eigenvalue weighted by Gasteiger charge is -2.42. The minimum atomic E-state index is 0.323. The molecule has 2 rings (SSSR count). The number of nitrogens with two attached hydrogens (primary N) is 1. The Morgan fingerprint density at radius 1 is 1.32 bits per heavy atom. The van der Waals surface area contributed by atoms with Crippen molar-refractivity contribution >= 4 is 0 Å². The Hall–Kier alpha value is -1.06. The Morgan fingerprint density at radius 3 is 2.58 bits per heavy atom. The number of nitrogens with zero attached hydrogens (tertiary/aromatic N) is 1. The highest BCUT2D eigenvalue weighted by Gasteiger charge is 2.30. The molecule has 1 heterocycles. The molecular formula is C16H26N2O. The number of benzene rings is 1. The maximum atomic E-state index is 6.04. The highest BCUT2D eigenvalue weighted by Crippen LogP contribution is 2.31. The van der Waals surface area contributed by atoms with Gasteiger partial charge in [-0.05, 0) is 49.9 Å². The van der Waals surface area contributed by atoms with E-state index >= 15 is 0 Å². The number of piperidine rings is 1. The number of methoxy groups -OCH3 is 1. The maximum absolute atomic E-state index is 6.04. The van der Waals surface area contributed by atoms with Crippen LogP contribution >= 0.6 is 0 Å². The molecule has 3 atom stereocenters. The van der Waals surface area contributed by atoms with E-state index < -0.39 is 0 Å². The van der Waals surface area contributed by atoms with E-state index in [1.54, 1.807) is 7.11 Å². The highest BCUT2D eigenvalue weighted by molar-refractivity contribution is 5.29. The average Bonchev–Trinajstić information content (AvgIpc) is 2.45. The van der Waals surface area contributed by atoms with Crippen molar-refractivity contribution in [3.63, 3.8) is 0 Å². The van der Waals surface area contributed by atoms with Crippen LogP contribution < -0.4 is 10.5 Å². The van der Waals surface area contributed by atoms with Crippen molar-refractivity contribution in [1.82, 2.24) is 4.90 Å². The highest BCUT2D eigenvalue weighted by atomic mass is 16.5.